The number of carbonyl (C=O) groups excluding carboxylic acids is 2. The van der Waals surface area contributed by atoms with Gasteiger partial charge in [0.25, 0.3) is 5.91 Å². The molecule has 8 heteroatoms. The van der Waals surface area contributed by atoms with Crippen LogP contribution in [0.5, 0.6) is 0 Å². The van der Waals surface area contributed by atoms with Crippen LogP contribution >= 0.6 is 11.3 Å². The molecule has 6 nitrogen and oxygen atoms in total. The van der Waals surface area contributed by atoms with Crippen molar-refractivity contribution in [3.63, 3.8) is 0 Å². The summed E-state index contributed by atoms with van der Waals surface area (Å²) in [6, 6.07) is 7.67. The van der Waals surface area contributed by atoms with E-state index in [1.807, 2.05) is 0 Å². The highest BCUT2D eigenvalue weighted by atomic mass is 32.1. The average molecular weight is 318 g/mol. The Bertz CT molecular complexity index is 871. The first-order valence-corrected chi connectivity index (χ1v) is 7.17. The van der Waals surface area contributed by atoms with E-state index < -0.39 is 17.6 Å². The molecule has 0 saturated heterocycles. The molecule has 0 aliphatic heterocycles. The third-order valence-corrected chi connectivity index (χ3v) is 4.17. The van der Waals surface area contributed by atoms with Gasteiger partial charge in [0.05, 0.1) is 17.5 Å². The Balaban J connectivity index is 1.79. The summed E-state index contributed by atoms with van der Waals surface area (Å²) in [5.74, 6) is -1.38. The Morgan fingerprint density at radius 3 is 2.86 bits per heavy atom. The lowest BCUT2D eigenvalue weighted by Gasteiger charge is -2.06. The Morgan fingerprint density at radius 1 is 1.36 bits per heavy atom. The molecule has 0 bridgehead atoms. The van der Waals surface area contributed by atoms with Crippen LogP contribution in [0.4, 0.5) is 4.39 Å². The quantitative estimate of drug-likeness (QED) is 0.766. The van der Waals surface area contributed by atoms with E-state index in [4.69, 9.17) is 5.73 Å². The van der Waals surface area contributed by atoms with Crippen molar-refractivity contribution in [2.24, 2.45) is 5.73 Å². The molecule has 2 amide bonds. The molecule has 2 aromatic heterocycles. The predicted octanol–water partition coefficient (Wildman–Crippen LogP) is 1.65. The monoisotopic (exact) mass is 318 g/mol. The number of carbonyl (C=O) groups is 2. The van der Waals surface area contributed by atoms with Crippen molar-refractivity contribution >= 4 is 33.4 Å². The van der Waals surface area contributed by atoms with Gasteiger partial charge in [0.2, 0.25) is 5.91 Å². The summed E-state index contributed by atoms with van der Waals surface area (Å²) < 4.78 is 13.5. The van der Waals surface area contributed by atoms with Gasteiger partial charge in [-0.2, -0.15) is 9.89 Å². The molecule has 1 aromatic carbocycles. The van der Waals surface area contributed by atoms with Gasteiger partial charge in [0.15, 0.2) is 0 Å². The van der Waals surface area contributed by atoms with Crippen molar-refractivity contribution in [3.05, 3.63) is 52.8 Å². The lowest BCUT2D eigenvalue weighted by Crippen LogP contribution is -2.25. The second-order valence-electron chi connectivity index (χ2n) is 4.59. The number of rotatable bonds is 4. The maximum atomic E-state index is 13.5. The number of primary amides is 1. The van der Waals surface area contributed by atoms with Gasteiger partial charge < -0.3 is 5.73 Å². The Kier molecular flexibility index (Phi) is 3.60. The van der Waals surface area contributed by atoms with Gasteiger partial charge in [-0.05, 0) is 17.7 Å². The van der Waals surface area contributed by atoms with Gasteiger partial charge in [-0.3, -0.25) is 9.59 Å². The third-order valence-electron chi connectivity index (χ3n) is 3.03. The van der Waals surface area contributed by atoms with Crippen LogP contribution in [0.3, 0.4) is 0 Å². The molecule has 0 fully saturated rings. The molecule has 0 aliphatic rings. The van der Waals surface area contributed by atoms with Gasteiger partial charge in [-0.25, -0.2) is 9.82 Å². The molecule has 22 heavy (non-hydrogen) atoms. The highest BCUT2D eigenvalue weighted by Gasteiger charge is 2.14. The minimum atomic E-state index is -0.537. The summed E-state index contributed by atoms with van der Waals surface area (Å²) in [6.07, 6.45) is 1.41. The predicted molar refractivity (Wildman–Crippen MR) is 80.6 cm³/mol. The number of hydrogen-bond donors (Lipinski definition) is 2. The number of benzene rings is 1. The van der Waals surface area contributed by atoms with Gasteiger partial charge >= 0.3 is 0 Å². The Hall–Kier alpha value is -2.74. The topological polar surface area (TPSA) is 90.0 Å². The molecule has 3 aromatic rings. The van der Waals surface area contributed by atoms with Gasteiger partial charge in [-0.1, -0.05) is 18.2 Å². The number of aromatic nitrogens is 2. The smallest absolute Gasteiger partial charge is 0.258 e. The number of hydrogen-bond acceptors (Lipinski definition) is 4. The van der Waals surface area contributed by atoms with Crippen LogP contribution in [-0.4, -0.2) is 21.7 Å². The van der Waals surface area contributed by atoms with Crippen molar-refractivity contribution < 1.29 is 14.0 Å². The second-order valence-corrected chi connectivity index (χ2v) is 5.63. The number of nitrogens with one attached hydrogen (secondary N) is 1. The Labute approximate surface area is 128 Å². The van der Waals surface area contributed by atoms with Crippen LogP contribution in [0, 0.1) is 5.82 Å². The largest absolute Gasteiger partial charge is 0.365 e. The Morgan fingerprint density at radius 2 is 2.14 bits per heavy atom. The molecule has 2 heterocycles. The standard InChI is InChI=1S/C14H11FN4O2S/c15-10-4-2-1-3-8(10)6-12(20)18-19-14-9(7-17-19)5-11(22-14)13(16)21/h1-5,7H,6H2,(H2,16,21)(H,18,20). The minimum absolute atomic E-state index is 0.109. The first kappa shape index (κ1) is 14.2. The number of nitrogens with two attached hydrogens (primary N) is 1. The number of amides is 2. The molecule has 0 radical (unpaired) electrons. The molecule has 0 saturated carbocycles. The summed E-state index contributed by atoms with van der Waals surface area (Å²) in [5, 5.41) is 4.71. The first-order chi connectivity index (χ1) is 10.5. The lowest BCUT2D eigenvalue weighted by atomic mass is 10.1. The first-order valence-electron chi connectivity index (χ1n) is 6.35. The summed E-state index contributed by atoms with van der Waals surface area (Å²) in [5.41, 5.74) is 8.07. The van der Waals surface area contributed by atoms with E-state index in [1.54, 1.807) is 24.3 Å². The van der Waals surface area contributed by atoms with Crippen molar-refractivity contribution in [2.75, 3.05) is 5.43 Å². The molecule has 0 spiro atoms. The van der Waals surface area contributed by atoms with Crippen LogP contribution in [0.1, 0.15) is 15.2 Å². The second kappa shape index (κ2) is 5.57. The molecule has 3 N–H and O–H groups in total. The normalized spacial score (nSPS) is 10.8. The molecular weight excluding hydrogens is 307 g/mol. The van der Waals surface area contributed by atoms with E-state index in [-0.39, 0.29) is 6.42 Å². The molecule has 3 rings (SSSR count). The third kappa shape index (κ3) is 2.68. The van der Waals surface area contributed by atoms with Gasteiger partial charge in [0.1, 0.15) is 10.6 Å². The fourth-order valence-electron chi connectivity index (χ4n) is 2.00. The van der Waals surface area contributed by atoms with Crippen LogP contribution in [0.15, 0.2) is 36.5 Å². The van der Waals surface area contributed by atoms with Crippen molar-refractivity contribution in [2.45, 2.75) is 6.42 Å². The van der Waals surface area contributed by atoms with Crippen LogP contribution in [0.2, 0.25) is 0 Å². The summed E-state index contributed by atoms with van der Waals surface area (Å²) >= 11 is 1.13. The molecule has 0 aliphatic carbocycles. The molecular formula is C14H11FN4O2S. The average Bonchev–Trinajstić information content (AvgIpc) is 3.03. The zero-order valence-corrected chi connectivity index (χ0v) is 12.1. The van der Waals surface area contributed by atoms with E-state index in [0.717, 1.165) is 11.3 Å². The van der Waals surface area contributed by atoms with Crippen molar-refractivity contribution in [1.82, 2.24) is 9.89 Å². The van der Waals surface area contributed by atoms with E-state index in [1.165, 1.54) is 17.1 Å². The van der Waals surface area contributed by atoms with Gasteiger partial charge in [-0.15, -0.1) is 11.3 Å². The number of fused-ring (bicyclic) bond motifs is 1. The van der Waals surface area contributed by atoms with Crippen LogP contribution in [-0.2, 0) is 11.2 Å². The highest BCUT2D eigenvalue weighted by molar-refractivity contribution is 7.20. The van der Waals surface area contributed by atoms with Crippen LogP contribution < -0.4 is 11.2 Å². The summed E-state index contributed by atoms with van der Waals surface area (Å²) in [6.45, 7) is 0. The lowest BCUT2D eigenvalue weighted by molar-refractivity contribution is -0.116. The summed E-state index contributed by atoms with van der Waals surface area (Å²) in [7, 11) is 0. The molecule has 112 valence electrons. The van der Waals surface area contributed by atoms with E-state index >= 15 is 0 Å². The fourth-order valence-corrected chi connectivity index (χ4v) is 2.90. The van der Waals surface area contributed by atoms with Gasteiger partial charge in [0, 0.05) is 5.39 Å². The fraction of sp³-hybridized carbons (Fsp3) is 0.0714. The minimum Gasteiger partial charge on any atom is -0.365 e. The maximum Gasteiger partial charge on any atom is 0.258 e. The van der Waals surface area contributed by atoms with E-state index in [9.17, 15) is 14.0 Å². The molecule has 0 atom stereocenters. The zero-order valence-electron chi connectivity index (χ0n) is 11.2. The van der Waals surface area contributed by atoms with Crippen LogP contribution in [0.25, 0.3) is 10.2 Å². The number of thiophene rings is 1. The van der Waals surface area contributed by atoms with Crippen molar-refractivity contribution in [1.29, 1.82) is 0 Å². The van der Waals surface area contributed by atoms with E-state index in [0.29, 0.717) is 20.7 Å². The maximum absolute atomic E-state index is 13.5. The van der Waals surface area contributed by atoms with Crippen molar-refractivity contribution in [3.8, 4) is 0 Å². The zero-order chi connectivity index (χ0) is 15.7. The number of halogens is 1. The van der Waals surface area contributed by atoms with E-state index in [2.05, 4.69) is 10.5 Å². The number of nitrogens with zero attached hydrogens (tertiary/aromatic N) is 2. The summed E-state index contributed by atoms with van der Waals surface area (Å²) in [4.78, 5) is 25.4. The SMILES string of the molecule is NC(=O)c1cc2cnn(NC(=O)Cc3ccccc3F)c2s1. The highest BCUT2D eigenvalue weighted by Crippen LogP contribution is 2.24. The molecule has 0 unspecified atom stereocenters.